The number of sulfone groups is 1. The Kier molecular flexibility index (Phi) is 5.09. The zero-order valence-corrected chi connectivity index (χ0v) is 12.8. The first-order chi connectivity index (χ1) is 10.9. The van der Waals surface area contributed by atoms with Crippen LogP contribution in [0, 0.1) is 17.1 Å². The SMILES string of the molecule is N#Cc1ccc(CS(=O)(=O)CC(=O)Nc2ccc(F)cc2)cc1. The largest absolute Gasteiger partial charge is 0.325 e. The molecule has 23 heavy (non-hydrogen) atoms. The lowest BCUT2D eigenvalue weighted by atomic mass is 10.2. The number of carbonyl (C=O) groups excluding carboxylic acids is 1. The minimum atomic E-state index is -3.65. The third-order valence-corrected chi connectivity index (χ3v) is 4.42. The Balaban J connectivity index is 1.98. The number of nitrogens with zero attached hydrogens (tertiary/aromatic N) is 1. The van der Waals surface area contributed by atoms with Crippen LogP contribution in [0.25, 0.3) is 0 Å². The highest BCUT2D eigenvalue weighted by atomic mass is 32.2. The molecule has 2 rings (SSSR count). The summed E-state index contributed by atoms with van der Waals surface area (Å²) in [6.45, 7) is 0. The molecule has 0 unspecified atom stereocenters. The van der Waals surface area contributed by atoms with Gasteiger partial charge in [0.25, 0.3) is 0 Å². The lowest BCUT2D eigenvalue weighted by Crippen LogP contribution is -2.23. The fourth-order valence-electron chi connectivity index (χ4n) is 1.91. The highest BCUT2D eigenvalue weighted by molar-refractivity contribution is 7.91. The van der Waals surface area contributed by atoms with Gasteiger partial charge >= 0.3 is 0 Å². The molecule has 0 spiro atoms. The lowest BCUT2D eigenvalue weighted by molar-refractivity contribution is -0.113. The monoisotopic (exact) mass is 332 g/mol. The average molecular weight is 332 g/mol. The Morgan fingerprint density at radius 1 is 1.09 bits per heavy atom. The first kappa shape index (κ1) is 16.6. The molecule has 0 fully saturated rings. The number of hydrogen-bond acceptors (Lipinski definition) is 4. The molecule has 1 amide bonds. The maximum atomic E-state index is 12.8. The molecule has 1 N–H and O–H groups in total. The van der Waals surface area contributed by atoms with Crippen molar-refractivity contribution in [3.05, 3.63) is 65.5 Å². The number of nitriles is 1. The predicted octanol–water partition coefficient (Wildman–Crippen LogP) is 2.25. The fourth-order valence-corrected chi connectivity index (χ4v) is 3.18. The van der Waals surface area contributed by atoms with Crippen LogP contribution in [0.2, 0.25) is 0 Å². The van der Waals surface area contributed by atoms with Crippen molar-refractivity contribution in [1.82, 2.24) is 0 Å². The van der Waals surface area contributed by atoms with Gasteiger partial charge in [-0.25, -0.2) is 12.8 Å². The molecule has 118 valence electrons. The highest BCUT2D eigenvalue weighted by Gasteiger charge is 2.17. The summed E-state index contributed by atoms with van der Waals surface area (Å²) in [4.78, 5) is 11.8. The van der Waals surface area contributed by atoms with E-state index in [0.29, 0.717) is 16.8 Å². The molecule has 0 saturated carbocycles. The summed E-state index contributed by atoms with van der Waals surface area (Å²) in [5.74, 6) is -2.11. The smallest absolute Gasteiger partial charge is 0.239 e. The van der Waals surface area contributed by atoms with Crippen LogP contribution in [0.3, 0.4) is 0 Å². The fraction of sp³-hybridized carbons (Fsp3) is 0.125. The van der Waals surface area contributed by atoms with Gasteiger partial charge in [0.1, 0.15) is 11.6 Å². The maximum Gasteiger partial charge on any atom is 0.239 e. The van der Waals surface area contributed by atoms with Gasteiger partial charge in [-0.05, 0) is 42.0 Å². The Labute approximate surface area is 133 Å². The molecular weight excluding hydrogens is 319 g/mol. The minimum absolute atomic E-state index is 0.296. The van der Waals surface area contributed by atoms with E-state index in [1.807, 2.05) is 6.07 Å². The van der Waals surface area contributed by atoms with Gasteiger partial charge in [0.15, 0.2) is 9.84 Å². The average Bonchev–Trinajstić information content (AvgIpc) is 2.49. The van der Waals surface area contributed by atoms with Crippen molar-refractivity contribution in [2.75, 3.05) is 11.1 Å². The van der Waals surface area contributed by atoms with Gasteiger partial charge in [0, 0.05) is 5.69 Å². The Hall–Kier alpha value is -2.72. The lowest BCUT2D eigenvalue weighted by Gasteiger charge is -2.07. The van der Waals surface area contributed by atoms with Crippen LogP contribution in [0.15, 0.2) is 48.5 Å². The number of carbonyl (C=O) groups is 1. The van der Waals surface area contributed by atoms with Crippen molar-refractivity contribution in [3.63, 3.8) is 0 Å². The molecule has 0 saturated heterocycles. The molecule has 0 aliphatic heterocycles. The van der Waals surface area contributed by atoms with Crippen LogP contribution in [0.4, 0.5) is 10.1 Å². The van der Waals surface area contributed by atoms with Crippen molar-refractivity contribution in [2.45, 2.75) is 5.75 Å². The van der Waals surface area contributed by atoms with E-state index in [0.717, 1.165) is 0 Å². The quantitative estimate of drug-likeness (QED) is 0.910. The normalized spacial score (nSPS) is 10.8. The molecule has 0 aliphatic carbocycles. The summed E-state index contributed by atoms with van der Waals surface area (Å²) in [5.41, 5.74) is 1.25. The minimum Gasteiger partial charge on any atom is -0.325 e. The Bertz CT molecular complexity index is 838. The molecule has 0 heterocycles. The van der Waals surface area contributed by atoms with Crippen molar-refractivity contribution in [1.29, 1.82) is 5.26 Å². The first-order valence-corrected chi connectivity index (χ1v) is 8.45. The van der Waals surface area contributed by atoms with E-state index in [9.17, 15) is 17.6 Å². The molecule has 0 radical (unpaired) electrons. The number of hydrogen-bond donors (Lipinski definition) is 1. The molecule has 0 aromatic heterocycles. The highest BCUT2D eigenvalue weighted by Crippen LogP contribution is 2.11. The second-order valence-corrected chi connectivity index (χ2v) is 6.96. The molecule has 0 atom stereocenters. The second-order valence-electron chi connectivity index (χ2n) is 4.90. The first-order valence-electron chi connectivity index (χ1n) is 6.63. The van der Waals surface area contributed by atoms with Gasteiger partial charge in [-0.15, -0.1) is 0 Å². The number of halogens is 1. The van der Waals surface area contributed by atoms with Crippen LogP contribution in [0.1, 0.15) is 11.1 Å². The topological polar surface area (TPSA) is 87.0 Å². The van der Waals surface area contributed by atoms with E-state index in [1.54, 1.807) is 0 Å². The summed E-state index contributed by atoms with van der Waals surface area (Å²) < 4.78 is 36.8. The van der Waals surface area contributed by atoms with Crippen molar-refractivity contribution in [3.8, 4) is 6.07 Å². The molecular formula is C16H13FN2O3S. The number of amides is 1. The summed E-state index contributed by atoms with van der Waals surface area (Å²) in [6, 6.07) is 13.1. The van der Waals surface area contributed by atoms with Crippen LogP contribution in [-0.4, -0.2) is 20.1 Å². The van der Waals surface area contributed by atoms with Crippen molar-refractivity contribution in [2.24, 2.45) is 0 Å². The van der Waals surface area contributed by atoms with Gasteiger partial charge in [-0.2, -0.15) is 5.26 Å². The predicted molar refractivity (Wildman–Crippen MR) is 83.7 cm³/mol. The molecule has 7 heteroatoms. The van der Waals surface area contributed by atoms with Gasteiger partial charge in [-0.1, -0.05) is 12.1 Å². The zero-order valence-electron chi connectivity index (χ0n) is 12.0. The number of benzene rings is 2. The summed E-state index contributed by atoms with van der Waals surface area (Å²) in [7, 11) is -3.65. The maximum absolute atomic E-state index is 12.8. The summed E-state index contributed by atoms with van der Waals surface area (Å²) in [5, 5.41) is 11.1. The van der Waals surface area contributed by atoms with E-state index in [1.165, 1.54) is 48.5 Å². The van der Waals surface area contributed by atoms with E-state index in [2.05, 4.69) is 5.32 Å². The molecule has 2 aromatic carbocycles. The van der Waals surface area contributed by atoms with Gasteiger partial charge in [-0.3, -0.25) is 4.79 Å². The van der Waals surface area contributed by atoms with E-state index < -0.39 is 27.3 Å². The zero-order chi connectivity index (χ0) is 16.9. The molecule has 0 bridgehead atoms. The summed E-state index contributed by atoms with van der Waals surface area (Å²) >= 11 is 0. The van der Waals surface area contributed by atoms with E-state index in [-0.39, 0.29) is 5.75 Å². The van der Waals surface area contributed by atoms with Crippen molar-refractivity contribution < 1.29 is 17.6 Å². The van der Waals surface area contributed by atoms with Gasteiger partial charge in [0.05, 0.1) is 17.4 Å². The van der Waals surface area contributed by atoms with Gasteiger partial charge < -0.3 is 5.32 Å². The van der Waals surface area contributed by atoms with E-state index in [4.69, 9.17) is 5.26 Å². The number of anilines is 1. The molecule has 0 aliphatic rings. The Morgan fingerprint density at radius 2 is 1.70 bits per heavy atom. The van der Waals surface area contributed by atoms with Crippen LogP contribution in [0.5, 0.6) is 0 Å². The molecule has 5 nitrogen and oxygen atoms in total. The van der Waals surface area contributed by atoms with Crippen LogP contribution >= 0.6 is 0 Å². The summed E-state index contributed by atoms with van der Waals surface area (Å²) in [6.07, 6.45) is 0. The third-order valence-electron chi connectivity index (χ3n) is 2.95. The number of rotatable bonds is 5. The molecule has 2 aromatic rings. The van der Waals surface area contributed by atoms with Crippen LogP contribution < -0.4 is 5.32 Å². The second kappa shape index (κ2) is 7.03. The standard InChI is InChI=1S/C16H13FN2O3S/c17-14-5-7-15(8-6-14)19-16(20)11-23(21,22)10-13-3-1-12(9-18)2-4-13/h1-8H,10-11H2,(H,19,20). The van der Waals surface area contributed by atoms with E-state index >= 15 is 0 Å². The van der Waals surface area contributed by atoms with Crippen LogP contribution in [-0.2, 0) is 20.4 Å². The number of nitrogens with one attached hydrogen (secondary N) is 1. The Morgan fingerprint density at radius 3 is 2.26 bits per heavy atom. The van der Waals surface area contributed by atoms with Crippen molar-refractivity contribution >= 4 is 21.4 Å². The van der Waals surface area contributed by atoms with Gasteiger partial charge in [0.2, 0.25) is 5.91 Å². The third kappa shape index (κ3) is 5.20.